The van der Waals surface area contributed by atoms with Gasteiger partial charge in [-0.25, -0.2) is 14.4 Å². The molecule has 4 aromatic rings. The Labute approximate surface area is 207 Å². The van der Waals surface area contributed by atoms with Gasteiger partial charge < -0.3 is 4.74 Å². The largest absolute Gasteiger partial charge is 0.456 e. The third-order valence-corrected chi connectivity index (χ3v) is 5.85. The molecule has 37 heavy (non-hydrogen) atoms. The summed E-state index contributed by atoms with van der Waals surface area (Å²) in [5.74, 6) is -0.315. The summed E-state index contributed by atoms with van der Waals surface area (Å²) < 4.78 is 59.3. The quantitative estimate of drug-likeness (QED) is 0.310. The molecule has 0 amide bonds. The van der Waals surface area contributed by atoms with Crippen LogP contribution in [0.3, 0.4) is 0 Å². The van der Waals surface area contributed by atoms with Gasteiger partial charge in [-0.2, -0.15) is 13.2 Å². The van der Waals surface area contributed by atoms with Gasteiger partial charge in [-0.1, -0.05) is 6.07 Å². The van der Waals surface area contributed by atoms with Crippen LogP contribution < -0.4 is 4.74 Å². The highest BCUT2D eigenvalue weighted by Crippen LogP contribution is 2.36. The van der Waals surface area contributed by atoms with Gasteiger partial charge >= 0.3 is 6.18 Å². The van der Waals surface area contributed by atoms with Crippen molar-refractivity contribution in [3.8, 4) is 11.5 Å². The Bertz CT molecular complexity index is 1580. The molecular weight excluding hydrogens is 490 g/mol. The number of hydrogen-bond donors (Lipinski definition) is 0. The molecule has 0 N–H and O–H groups in total. The fraction of sp³-hybridized carbons (Fsp3) is 0.148. The fourth-order valence-electron chi connectivity index (χ4n) is 4.12. The summed E-state index contributed by atoms with van der Waals surface area (Å²) in [6, 6.07) is 10.3. The van der Waals surface area contributed by atoms with Crippen molar-refractivity contribution in [2.75, 3.05) is 0 Å². The summed E-state index contributed by atoms with van der Waals surface area (Å²) in [4.78, 5) is 37.2. The number of ether oxygens (including phenoxy) is 1. The number of nitrogens with zero attached hydrogens (tertiary/aromatic N) is 3. The summed E-state index contributed by atoms with van der Waals surface area (Å²) in [6.07, 6.45) is -0.950. The van der Waals surface area contributed by atoms with E-state index in [9.17, 15) is 27.2 Å². The molecule has 0 spiro atoms. The van der Waals surface area contributed by atoms with E-state index in [1.54, 1.807) is 30.3 Å². The second-order valence-electron chi connectivity index (χ2n) is 8.43. The highest BCUT2D eigenvalue weighted by atomic mass is 19.4. The maximum atomic E-state index is 14.1. The molecule has 5 rings (SSSR count). The molecule has 0 unspecified atom stereocenters. The van der Waals surface area contributed by atoms with Crippen LogP contribution in [0.15, 0.2) is 65.9 Å². The van der Waals surface area contributed by atoms with Gasteiger partial charge in [-0.3, -0.25) is 14.6 Å². The van der Waals surface area contributed by atoms with Crippen molar-refractivity contribution >= 4 is 34.5 Å². The van der Waals surface area contributed by atoms with Crippen LogP contribution in [0.5, 0.6) is 11.5 Å². The molecule has 6 nitrogen and oxygen atoms in total. The third kappa shape index (κ3) is 5.09. The average molecular weight is 507 g/mol. The lowest BCUT2D eigenvalue weighted by molar-refractivity contribution is -0.137. The van der Waals surface area contributed by atoms with Crippen LogP contribution in [0.4, 0.5) is 23.4 Å². The second kappa shape index (κ2) is 9.53. The number of carbonyl (C=O) groups excluding carboxylic acids is 2. The topological polar surface area (TPSA) is 81.5 Å². The molecule has 0 atom stereocenters. The number of carbonyl (C=O) groups is 2. The monoisotopic (exact) mass is 507 g/mol. The van der Waals surface area contributed by atoms with E-state index in [0.29, 0.717) is 57.5 Å². The molecule has 0 fully saturated rings. The first-order valence-corrected chi connectivity index (χ1v) is 11.2. The number of ketones is 2. The van der Waals surface area contributed by atoms with Crippen molar-refractivity contribution in [3.05, 3.63) is 89.0 Å². The molecule has 1 aliphatic heterocycles. The van der Waals surface area contributed by atoms with Crippen LogP contribution in [0, 0.1) is 5.82 Å². The summed E-state index contributed by atoms with van der Waals surface area (Å²) >= 11 is 0. The van der Waals surface area contributed by atoms with Gasteiger partial charge in [0.1, 0.15) is 23.1 Å². The minimum Gasteiger partial charge on any atom is -0.456 e. The first kappa shape index (κ1) is 24.2. The van der Waals surface area contributed by atoms with Gasteiger partial charge in [0, 0.05) is 42.6 Å². The van der Waals surface area contributed by atoms with Crippen LogP contribution in [0.1, 0.15) is 22.3 Å². The Kier molecular flexibility index (Phi) is 6.24. The SMILES string of the molecule is O=C1C=Nc2nccc(Oc3ccc(CC(=O)Cc4cc(C(F)(F)F)ccc4F)c4ncccc34)c2C1. The van der Waals surface area contributed by atoms with Crippen LogP contribution in [-0.4, -0.2) is 27.7 Å². The first-order chi connectivity index (χ1) is 17.7. The highest BCUT2D eigenvalue weighted by Gasteiger charge is 2.31. The smallest absolute Gasteiger partial charge is 0.416 e. The predicted molar refractivity (Wildman–Crippen MR) is 127 cm³/mol. The number of rotatable bonds is 6. The molecule has 2 aromatic carbocycles. The highest BCUT2D eigenvalue weighted by molar-refractivity contribution is 6.29. The number of benzene rings is 2. The van der Waals surface area contributed by atoms with Gasteiger partial charge in [0.2, 0.25) is 0 Å². The van der Waals surface area contributed by atoms with Gasteiger partial charge in [-0.05, 0) is 53.6 Å². The Balaban J connectivity index is 1.42. The minimum atomic E-state index is -4.64. The van der Waals surface area contributed by atoms with Crippen LogP contribution >= 0.6 is 0 Å². The Morgan fingerprint density at radius 3 is 2.57 bits per heavy atom. The molecule has 0 radical (unpaired) electrons. The van der Waals surface area contributed by atoms with E-state index in [0.717, 1.165) is 0 Å². The third-order valence-electron chi connectivity index (χ3n) is 5.85. The van der Waals surface area contributed by atoms with Gasteiger partial charge in [0.15, 0.2) is 11.6 Å². The maximum Gasteiger partial charge on any atom is 0.416 e. The molecule has 186 valence electrons. The summed E-state index contributed by atoms with van der Waals surface area (Å²) in [5.41, 5.74) is 0.175. The molecule has 0 saturated carbocycles. The number of alkyl halides is 3. The Morgan fingerprint density at radius 1 is 0.946 bits per heavy atom. The number of aromatic nitrogens is 2. The van der Waals surface area contributed by atoms with Crippen molar-refractivity contribution in [1.29, 1.82) is 0 Å². The van der Waals surface area contributed by atoms with E-state index in [-0.39, 0.29) is 24.2 Å². The second-order valence-corrected chi connectivity index (χ2v) is 8.43. The molecule has 3 heterocycles. The molecule has 0 bridgehead atoms. The van der Waals surface area contributed by atoms with Crippen molar-refractivity contribution in [1.82, 2.24) is 9.97 Å². The van der Waals surface area contributed by atoms with Crippen LogP contribution in [0.2, 0.25) is 0 Å². The molecule has 10 heteroatoms. The van der Waals surface area contributed by atoms with Gasteiger partial charge in [0.25, 0.3) is 0 Å². The Hall–Kier alpha value is -4.47. The molecule has 0 aliphatic carbocycles. The standard InChI is InChI=1S/C27H17F4N3O3/c28-22-5-4-17(27(29,30)31)10-16(22)12-18(35)11-15-3-6-23(20-2-1-8-32-25(15)20)37-24-7-9-33-26-21(24)13-19(36)14-34-26/h1-10,14H,11-13H2. The molecule has 2 aromatic heterocycles. The van der Waals surface area contributed by atoms with E-state index in [2.05, 4.69) is 15.0 Å². The van der Waals surface area contributed by atoms with Crippen LogP contribution in [-0.2, 0) is 35.0 Å². The van der Waals surface area contributed by atoms with Crippen molar-refractivity contribution in [2.45, 2.75) is 25.4 Å². The van der Waals surface area contributed by atoms with E-state index in [1.165, 1.54) is 18.6 Å². The Morgan fingerprint density at radius 2 is 1.76 bits per heavy atom. The van der Waals surface area contributed by atoms with Crippen LogP contribution in [0.25, 0.3) is 10.9 Å². The lowest BCUT2D eigenvalue weighted by atomic mass is 9.98. The molecular formula is C27H17F4N3O3. The van der Waals surface area contributed by atoms with Crippen molar-refractivity contribution in [3.63, 3.8) is 0 Å². The number of hydrogen-bond acceptors (Lipinski definition) is 6. The summed E-state index contributed by atoms with van der Waals surface area (Å²) in [6.45, 7) is 0. The van der Waals surface area contributed by atoms with Crippen molar-refractivity contribution < 1.29 is 31.9 Å². The molecule has 0 saturated heterocycles. The van der Waals surface area contributed by atoms with Crippen molar-refractivity contribution in [2.24, 2.45) is 4.99 Å². The number of fused-ring (bicyclic) bond motifs is 2. The summed E-state index contributed by atoms with van der Waals surface area (Å²) in [5, 5.41) is 0.578. The summed E-state index contributed by atoms with van der Waals surface area (Å²) in [7, 11) is 0. The van der Waals surface area contributed by atoms with E-state index >= 15 is 0 Å². The average Bonchev–Trinajstić information content (AvgIpc) is 2.86. The number of Topliss-reactive ketones (excluding diaryl/α,β-unsaturated/α-hetero) is 2. The number of halogens is 4. The normalized spacial score (nSPS) is 13.0. The zero-order valence-electron chi connectivity index (χ0n) is 19.1. The zero-order valence-corrected chi connectivity index (χ0v) is 19.1. The minimum absolute atomic E-state index is 0.0941. The maximum absolute atomic E-state index is 14.1. The number of pyridine rings is 2. The lowest BCUT2D eigenvalue weighted by Gasteiger charge is -2.16. The number of aliphatic imine (C=N–C) groups is 1. The molecule has 1 aliphatic rings. The van der Waals surface area contributed by atoms with Gasteiger partial charge in [-0.15, -0.1) is 0 Å². The van der Waals surface area contributed by atoms with E-state index in [1.807, 2.05) is 0 Å². The van der Waals surface area contributed by atoms with E-state index < -0.39 is 29.8 Å². The lowest BCUT2D eigenvalue weighted by Crippen LogP contribution is -2.11. The first-order valence-electron chi connectivity index (χ1n) is 11.2. The fourth-order valence-corrected chi connectivity index (χ4v) is 4.12. The zero-order chi connectivity index (χ0) is 26.2. The predicted octanol–water partition coefficient (Wildman–Crippen LogP) is 5.76. The van der Waals surface area contributed by atoms with E-state index in [4.69, 9.17) is 4.74 Å². The van der Waals surface area contributed by atoms with Gasteiger partial charge in [0.05, 0.1) is 17.3 Å².